The predicted octanol–water partition coefficient (Wildman–Crippen LogP) is 1.03. The van der Waals surface area contributed by atoms with Crippen molar-refractivity contribution in [1.82, 2.24) is 4.31 Å². The molecular formula is C10H15BrN2O3S. The first-order chi connectivity index (χ1) is 7.93. The second-order valence-corrected chi connectivity index (χ2v) is 6.20. The molecule has 7 heteroatoms. The molecule has 5 nitrogen and oxygen atoms in total. The Morgan fingerprint density at radius 1 is 1.47 bits per heavy atom. The minimum atomic E-state index is -3.56. The molecule has 0 amide bonds. The highest BCUT2D eigenvalue weighted by Crippen LogP contribution is 2.24. The second-order valence-electron chi connectivity index (χ2n) is 3.40. The van der Waals surface area contributed by atoms with Gasteiger partial charge in [-0.1, -0.05) is 6.92 Å². The molecule has 0 saturated carbocycles. The molecule has 3 N–H and O–H groups in total. The van der Waals surface area contributed by atoms with Crippen LogP contribution in [0.15, 0.2) is 27.6 Å². The molecule has 17 heavy (non-hydrogen) atoms. The summed E-state index contributed by atoms with van der Waals surface area (Å²) in [4.78, 5) is 0.161. The number of rotatable bonds is 5. The molecule has 0 heterocycles. The van der Waals surface area contributed by atoms with E-state index in [-0.39, 0.29) is 18.0 Å². The van der Waals surface area contributed by atoms with Gasteiger partial charge >= 0.3 is 0 Å². The summed E-state index contributed by atoms with van der Waals surface area (Å²) in [5.74, 6) is 0. The lowest BCUT2D eigenvalue weighted by atomic mass is 10.3. The van der Waals surface area contributed by atoms with Crippen molar-refractivity contribution in [3.63, 3.8) is 0 Å². The van der Waals surface area contributed by atoms with E-state index < -0.39 is 10.0 Å². The van der Waals surface area contributed by atoms with E-state index in [9.17, 15) is 8.42 Å². The molecule has 0 atom stereocenters. The first-order valence-corrected chi connectivity index (χ1v) is 7.32. The fraction of sp³-hybridized carbons (Fsp3) is 0.400. The lowest BCUT2D eigenvalue weighted by Gasteiger charge is -2.19. The maximum Gasteiger partial charge on any atom is 0.243 e. The molecular weight excluding hydrogens is 308 g/mol. The van der Waals surface area contributed by atoms with Gasteiger partial charge < -0.3 is 10.8 Å². The molecule has 1 aromatic rings. The number of aliphatic hydroxyl groups is 1. The number of nitrogen functional groups attached to an aromatic ring is 1. The van der Waals surface area contributed by atoms with Crippen molar-refractivity contribution in [2.75, 3.05) is 25.4 Å². The van der Waals surface area contributed by atoms with E-state index in [4.69, 9.17) is 10.8 Å². The first kappa shape index (κ1) is 14.4. The maximum atomic E-state index is 12.2. The zero-order chi connectivity index (χ0) is 13.1. The number of sulfonamides is 1. The van der Waals surface area contributed by atoms with Crippen LogP contribution in [0.1, 0.15) is 6.92 Å². The Morgan fingerprint density at radius 3 is 2.59 bits per heavy atom. The lowest BCUT2D eigenvalue weighted by Crippen LogP contribution is -2.33. The fourth-order valence-corrected chi connectivity index (χ4v) is 3.37. The number of anilines is 1. The molecule has 1 aromatic carbocycles. The van der Waals surface area contributed by atoms with E-state index in [1.807, 2.05) is 0 Å². The van der Waals surface area contributed by atoms with Crippen LogP contribution >= 0.6 is 15.9 Å². The van der Waals surface area contributed by atoms with Gasteiger partial charge in [0.1, 0.15) is 0 Å². The number of nitrogens with two attached hydrogens (primary N) is 1. The monoisotopic (exact) mass is 322 g/mol. The normalized spacial score (nSPS) is 12.0. The number of aliphatic hydroxyl groups excluding tert-OH is 1. The minimum absolute atomic E-state index is 0.0842. The Labute approximate surface area is 109 Å². The summed E-state index contributed by atoms with van der Waals surface area (Å²) in [6.45, 7) is 1.91. The maximum absolute atomic E-state index is 12.2. The van der Waals surface area contributed by atoms with Crippen molar-refractivity contribution in [2.45, 2.75) is 11.8 Å². The van der Waals surface area contributed by atoms with Crippen LogP contribution in [-0.2, 0) is 10.0 Å². The van der Waals surface area contributed by atoms with Crippen LogP contribution in [0.3, 0.4) is 0 Å². The third-order valence-corrected chi connectivity index (χ3v) is 4.97. The van der Waals surface area contributed by atoms with Crippen molar-refractivity contribution in [1.29, 1.82) is 0 Å². The predicted molar refractivity (Wildman–Crippen MR) is 70.1 cm³/mol. The first-order valence-electron chi connectivity index (χ1n) is 5.09. The van der Waals surface area contributed by atoms with Gasteiger partial charge in [-0.05, 0) is 34.1 Å². The van der Waals surface area contributed by atoms with Crippen molar-refractivity contribution >= 4 is 31.6 Å². The molecule has 0 fully saturated rings. The third kappa shape index (κ3) is 3.19. The van der Waals surface area contributed by atoms with Crippen molar-refractivity contribution < 1.29 is 13.5 Å². The Morgan fingerprint density at radius 2 is 2.12 bits per heavy atom. The van der Waals surface area contributed by atoms with E-state index in [1.165, 1.54) is 22.5 Å². The molecule has 0 aliphatic heterocycles. The van der Waals surface area contributed by atoms with Crippen LogP contribution in [0, 0.1) is 0 Å². The molecule has 0 unspecified atom stereocenters. The van der Waals surface area contributed by atoms with E-state index in [0.717, 1.165) is 0 Å². The van der Waals surface area contributed by atoms with Crippen molar-refractivity contribution in [3.8, 4) is 0 Å². The van der Waals surface area contributed by atoms with Gasteiger partial charge in [-0.25, -0.2) is 8.42 Å². The van der Waals surface area contributed by atoms with Crippen LogP contribution in [0.4, 0.5) is 5.69 Å². The Kier molecular flexibility index (Phi) is 4.93. The standard InChI is InChI=1S/C10H15BrN2O3S/c1-2-13(5-6-14)17(15,16)8-3-4-10(12)9(11)7-8/h3-4,7,14H,2,5-6,12H2,1H3. The largest absolute Gasteiger partial charge is 0.398 e. The Balaban J connectivity index is 3.15. The van der Waals surface area contributed by atoms with Gasteiger partial charge in [0, 0.05) is 23.2 Å². The van der Waals surface area contributed by atoms with Gasteiger partial charge in [-0.15, -0.1) is 0 Å². The van der Waals surface area contributed by atoms with Gasteiger partial charge in [0.15, 0.2) is 0 Å². The van der Waals surface area contributed by atoms with Crippen molar-refractivity contribution in [2.24, 2.45) is 0 Å². The molecule has 0 spiro atoms. The summed E-state index contributed by atoms with van der Waals surface area (Å²) in [7, 11) is -3.56. The number of benzene rings is 1. The van der Waals surface area contributed by atoms with Gasteiger partial charge in [0.25, 0.3) is 0 Å². The third-order valence-electron chi connectivity index (χ3n) is 2.31. The quantitative estimate of drug-likeness (QED) is 0.793. The summed E-state index contributed by atoms with van der Waals surface area (Å²) >= 11 is 3.19. The van der Waals surface area contributed by atoms with E-state index in [2.05, 4.69) is 15.9 Å². The second kappa shape index (κ2) is 5.81. The molecule has 96 valence electrons. The van der Waals surface area contributed by atoms with Crippen LogP contribution < -0.4 is 5.73 Å². The smallest absolute Gasteiger partial charge is 0.243 e. The molecule has 0 aromatic heterocycles. The zero-order valence-electron chi connectivity index (χ0n) is 9.43. The minimum Gasteiger partial charge on any atom is -0.398 e. The Hall–Kier alpha value is -0.630. The number of likely N-dealkylation sites (N-methyl/N-ethyl adjacent to an activating group) is 1. The summed E-state index contributed by atoms with van der Waals surface area (Å²) in [5, 5.41) is 8.84. The van der Waals surface area contributed by atoms with Crippen LogP contribution in [-0.4, -0.2) is 37.5 Å². The highest BCUT2D eigenvalue weighted by molar-refractivity contribution is 9.10. The van der Waals surface area contributed by atoms with E-state index >= 15 is 0 Å². The molecule has 0 aliphatic carbocycles. The highest BCUT2D eigenvalue weighted by atomic mass is 79.9. The van der Waals surface area contributed by atoms with Crippen LogP contribution in [0.25, 0.3) is 0 Å². The average molecular weight is 323 g/mol. The van der Waals surface area contributed by atoms with E-state index in [1.54, 1.807) is 6.92 Å². The van der Waals surface area contributed by atoms with Gasteiger partial charge in [-0.3, -0.25) is 0 Å². The van der Waals surface area contributed by atoms with Crippen LogP contribution in [0.2, 0.25) is 0 Å². The number of halogens is 1. The summed E-state index contributed by atoms with van der Waals surface area (Å²) < 4.78 is 26.1. The molecule has 0 aliphatic rings. The molecule has 1 rings (SSSR count). The number of nitrogens with zero attached hydrogens (tertiary/aromatic N) is 1. The molecule has 0 bridgehead atoms. The van der Waals surface area contributed by atoms with Gasteiger partial charge in [-0.2, -0.15) is 4.31 Å². The molecule has 0 saturated heterocycles. The zero-order valence-corrected chi connectivity index (χ0v) is 11.8. The molecule has 0 radical (unpaired) electrons. The summed E-state index contributed by atoms with van der Waals surface area (Å²) in [6, 6.07) is 4.45. The Bertz CT molecular complexity index is 490. The topological polar surface area (TPSA) is 83.6 Å². The summed E-state index contributed by atoms with van der Waals surface area (Å²) in [6.07, 6.45) is 0. The van der Waals surface area contributed by atoms with Gasteiger partial charge in [0.2, 0.25) is 10.0 Å². The fourth-order valence-electron chi connectivity index (χ4n) is 1.38. The van der Waals surface area contributed by atoms with E-state index in [0.29, 0.717) is 16.7 Å². The number of hydrogen-bond acceptors (Lipinski definition) is 4. The van der Waals surface area contributed by atoms with Crippen molar-refractivity contribution in [3.05, 3.63) is 22.7 Å². The highest BCUT2D eigenvalue weighted by Gasteiger charge is 2.22. The average Bonchev–Trinajstić information content (AvgIpc) is 2.29. The van der Waals surface area contributed by atoms with Gasteiger partial charge in [0.05, 0.1) is 11.5 Å². The summed E-state index contributed by atoms with van der Waals surface area (Å²) in [5.41, 5.74) is 6.08. The van der Waals surface area contributed by atoms with Crippen LogP contribution in [0.5, 0.6) is 0 Å². The lowest BCUT2D eigenvalue weighted by molar-refractivity contribution is 0.257. The SMILES string of the molecule is CCN(CCO)S(=O)(=O)c1ccc(N)c(Br)c1. The number of hydrogen-bond donors (Lipinski definition) is 2.